The maximum Gasteiger partial charge on any atom is 0.250 e. The number of benzene rings is 2. The second-order valence-electron chi connectivity index (χ2n) is 9.05. The van der Waals surface area contributed by atoms with Gasteiger partial charge in [-0.25, -0.2) is 0 Å². The van der Waals surface area contributed by atoms with Crippen molar-refractivity contribution in [2.24, 2.45) is 17.8 Å². The van der Waals surface area contributed by atoms with Crippen molar-refractivity contribution >= 4 is 35.0 Å². The van der Waals surface area contributed by atoms with E-state index in [-0.39, 0.29) is 30.3 Å². The number of para-hydroxylation sites is 1. The molecular weight excluding hydrogens is 414 g/mol. The monoisotopic (exact) mass is 437 g/mol. The van der Waals surface area contributed by atoms with Crippen molar-refractivity contribution in [3.8, 4) is 0 Å². The lowest BCUT2D eigenvalue weighted by Crippen LogP contribution is -2.53. The highest BCUT2D eigenvalue weighted by molar-refractivity contribution is 6.31. The Morgan fingerprint density at radius 3 is 2.48 bits per heavy atom. The molecule has 0 bridgehead atoms. The number of hydrogen-bond donors (Lipinski definition) is 2. The molecule has 2 saturated heterocycles. The smallest absolute Gasteiger partial charge is 0.250 e. The highest BCUT2D eigenvalue weighted by Crippen LogP contribution is 2.53. The summed E-state index contributed by atoms with van der Waals surface area (Å²) in [7, 11) is 0. The van der Waals surface area contributed by atoms with Crippen LogP contribution in [-0.2, 0) is 26.5 Å². The van der Waals surface area contributed by atoms with E-state index in [4.69, 9.17) is 11.6 Å². The summed E-state index contributed by atoms with van der Waals surface area (Å²) in [4.78, 5) is 41.9. The van der Waals surface area contributed by atoms with E-state index in [0.717, 1.165) is 5.56 Å². The average molecular weight is 438 g/mol. The number of nitrogens with one attached hydrogen (secondary N) is 2. The molecule has 1 spiro atoms. The van der Waals surface area contributed by atoms with Gasteiger partial charge in [-0.3, -0.25) is 24.6 Å². The molecule has 6 nitrogen and oxygen atoms in total. The number of amides is 3. The lowest BCUT2D eigenvalue weighted by atomic mass is 9.76. The highest BCUT2D eigenvalue weighted by atomic mass is 35.5. The molecule has 0 aliphatic carbocycles. The number of imide groups is 1. The Morgan fingerprint density at radius 1 is 1.03 bits per heavy atom. The summed E-state index contributed by atoms with van der Waals surface area (Å²) < 4.78 is 0. The SMILES string of the molecule is CC(C)C[C@@H]1N[C@]2(C(=O)Nc3ccccc32)[C@@H]2C(=O)N(Cc3ccccc3Cl)C(=O)[C@@H]12. The van der Waals surface area contributed by atoms with E-state index < -0.39 is 17.4 Å². The quantitative estimate of drug-likeness (QED) is 0.719. The van der Waals surface area contributed by atoms with Gasteiger partial charge in [-0.2, -0.15) is 0 Å². The van der Waals surface area contributed by atoms with Crippen molar-refractivity contribution < 1.29 is 14.4 Å². The van der Waals surface area contributed by atoms with Crippen LogP contribution in [0.4, 0.5) is 5.69 Å². The molecule has 0 unspecified atom stereocenters. The molecule has 2 fully saturated rings. The third-order valence-corrected chi connectivity index (χ3v) is 7.09. The molecule has 3 amide bonds. The molecule has 7 heteroatoms. The van der Waals surface area contributed by atoms with Crippen LogP contribution in [0.15, 0.2) is 48.5 Å². The number of halogens is 1. The zero-order valence-electron chi connectivity index (χ0n) is 17.4. The van der Waals surface area contributed by atoms with Gasteiger partial charge < -0.3 is 5.32 Å². The predicted molar refractivity (Wildman–Crippen MR) is 117 cm³/mol. The third-order valence-electron chi connectivity index (χ3n) is 6.73. The topological polar surface area (TPSA) is 78.5 Å². The van der Waals surface area contributed by atoms with Crippen molar-refractivity contribution in [2.75, 3.05) is 5.32 Å². The van der Waals surface area contributed by atoms with E-state index in [1.807, 2.05) is 42.5 Å². The van der Waals surface area contributed by atoms with E-state index in [9.17, 15) is 14.4 Å². The molecule has 2 aromatic rings. The van der Waals surface area contributed by atoms with Gasteiger partial charge in [0.1, 0.15) is 5.54 Å². The Balaban J connectivity index is 1.60. The van der Waals surface area contributed by atoms with Gasteiger partial charge in [0.05, 0.1) is 18.4 Å². The predicted octanol–water partition coefficient (Wildman–Crippen LogP) is 3.31. The zero-order chi connectivity index (χ0) is 21.9. The first-order chi connectivity index (χ1) is 14.8. The van der Waals surface area contributed by atoms with Gasteiger partial charge in [-0.15, -0.1) is 0 Å². The van der Waals surface area contributed by atoms with Crippen LogP contribution >= 0.6 is 11.6 Å². The standard InChI is InChI=1S/C24H24ClN3O3/c1-13(2)11-18-19-20(24(27-18)15-8-4-6-10-17(15)26-23(24)31)22(30)28(21(19)29)12-14-7-3-5-9-16(14)25/h3-10,13,18-20,27H,11-12H2,1-2H3,(H,26,31)/t18-,19-,20-,24-/m0/s1. The molecule has 160 valence electrons. The number of carbonyl (C=O) groups excluding carboxylic acids is 3. The van der Waals surface area contributed by atoms with E-state index >= 15 is 0 Å². The fourth-order valence-corrected chi connectivity index (χ4v) is 5.68. The summed E-state index contributed by atoms with van der Waals surface area (Å²) in [5.41, 5.74) is 0.906. The maximum absolute atomic E-state index is 13.7. The number of rotatable bonds is 4. The van der Waals surface area contributed by atoms with Crippen LogP contribution < -0.4 is 10.6 Å². The van der Waals surface area contributed by atoms with Crippen molar-refractivity contribution in [3.05, 3.63) is 64.7 Å². The van der Waals surface area contributed by atoms with Crippen LogP contribution in [-0.4, -0.2) is 28.7 Å². The van der Waals surface area contributed by atoms with Crippen molar-refractivity contribution in [1.82, 2.24) is 10.2 Å². The van der Waals surface area contributed by atoms with Gasteiger partial charge in [-0.1, -0.05) is 61.8 Å². The number of fused-ring (bicyclic) bond motifs is 4. The lowest BCUT2D eigenvalue weighted by molar-refractivity contribution is -0.143. The van der Waals surface area contributed by atoms with Crippen LogP contribution in [0, 0.1) is 17.8 Å². The molecule has 5 rings (SSSR count). The van der Waals surface area contributed by atoms with Gasteiger partial charge in [0.25, 0.3) is 0 Å². The molecular formula is C24H24ClN3O3. The second kappa shape index (κ2) is 7.18. The largest absolute Gasteiger partial charge is 0.324 e. The zero-order valence-corrected chi connectivity index (χ0v) is 18.1. The minimum atomic E-state index is -1.23. The van der Waals surface area contributed by atoms with Crippen molar-refractivity contribution in [2.45, 2.75) is 38.4 Å². The van der Waals surface area contributed by atoms with E-state index in [0.29, 0.717) is 28.6 Å². The minimum absolute atomic E-state index is 0.109. The Labute approximate surface area is 185 Å². The molecule has 4 atom stereocenters. The summed E-state index contributed by atoms with van der Waals surface area (Å²) in [5, 5.41) is 6.89. The summed E-state index contributed by atoms with van der Waals surface area (Å²) in [5.74, 6) is -1.89. The summed E-state index contributed by atoms with van der Waals surface area (Å²) >= 11 is 6.30. The number of anilines is 1. The molecule has 3 heterocycles. The number of nitrogens with zero attached hydrogens (tertiary/aromatic N) is 1. The fourth-order valence-electron chi connectivity index (χ4n) is 5.48. The minimum Gasteiger partial charge on any atom is -0.324 e. The molecule has 3 aliphatic heterocycles. The van der Waals surface area contributed by atoms with Crippen LogP contribution in [0.5, 0.6) is 0 Å². The Kier molecular flexibility index (Phi) is 4.68. The van der Waals surface area contributed by atoms with Gasteiger partial charge in [0.15, 0.2) is 0 Å². The Hall–Kier alpha value is -2.70. The summed E-state index contributed by atoms with van der Waals surface area (Å²) in [6.45, 7) is 4.26. The number of likely N-dealkylation sites (tertiary alicyclic amines) is 1. The summed E-state index contributed by atoms with van der Waals surface area (Å²) in [6, 6.07) is 14.3. The van der Waals surface area contributed by atoms with E-state index in [2.05, 4.69) is 24.5 Å². The molecule has 0 radical (unpaired) electrons. The lowest BCUT2D eigenvalue weighted by Gasteiger charge is -2.30. The number of carbonyl (C=O) groups is 3. The van der Waals surface area contributed by atoms with Crippen LogP contribution in [0.25, 0.3) is 0 Å². The second-order valence-corrected chi connectivity index (χ2v) is 9.45. The highest BCUT2D eigenvalue weighted by Gasteiger charge is 2.70. The van der Waals surface area contributed by atoms with Crippen LogP contribution in [0.1, 0.15) is 31.4 Å². The van der Waals surface area contributed by atoms with Gasteiger partial charge in [0.2, 0.25) is 17.7 Å². The normalized spacial score (nSPS) is 29.1. The van der Waals surface area contributed by atoms with Crippen LogP contribution in [0.2, 0.25) is 5.02 Å². The van der Waals surface area contributed by atoms with E-state index in [1.165, 1.54) is 4.90 Å². The molecule has 0 saturated carbocycles. The Bertz CT molecular complexity index is 1100. The van der Waals surface area contributed by atoms with Gasteiger partial charge in [0, 0.05) is 22.3 Å². The summed E-state index contributed by atoms with van der Waals surface area (Å²) in [6.07, 6.45) is 0.692. The number of hydrogen-bond acceptors (Lipinski definition) is 4. The first-order valence-electron chi connectivity index (χ1n) is 10.6. The first kappa shape index (κ1) is 20.2. The average Bonchev–Trinajstić information content (AvgIpc) is 3.30. The molecule has 2 N–H and O–H groups in total. The molecule has 31 heavy (non-hydrogen) atoms. The molecule has 2 aromatic carbocycles. The van der Waals surface area contributed by atoms with Crippen LogP contribution in [0.3, 0.4) is 0 Å². The van der Waals surface area contributed by atoms with Crippen molar-refractivity contribution in [1.29, 1.82) is 0 Å². The molecule has 3 aliphatic rings. The van der Waals surface area contributed by atoms with Crippen molar-refractivity contribution in [3.63, 3.8) is 0 Å². The maximum atomic E-state index is 13.7. The Morgan fingerprint density at radius 2 is 1.74 bits per heavy atom. The van der Waals surface area contributed by atoms with Gasteiger partial charge in [-0.05, 0) is 30.0 Å². The third kappa shape index (κ3) is 2.85. The fraction of sp³-hybridized carbons (Fsp3) is 0.375. The molecule has 0 aromatic heterocycles. The van der Waals surface area contributed by atoms with E-state index in [1.54, 1.807) is 6.07 Å². The first-order valence-corrected chi connectivity index (χ1v) is 11.0. The van der Waals surface area contributed by atoms with Gasteiger partial charge >= 0.3 is 0 Å².